The zero-order valence-electron chi connectivity index (χ0n) is 23.2. The summed E-state index contributed by atoms with van der Waals surface area (Å²) >= 11 is 0. The number of allylic oxidation sites excluding steroid dienone is 2. The first-order chi connectivity index (χ1) is 17.0. The highest BCUT2D eigenvalue weighted by molar-refractivity contribution is 5.84. The van der Waals surface area contributed by atoms with Crippen molar-refractivity contribution in [2.75, 3.05) is 9.80 Å². The molecule has 2 nitrogen and oxygen atoms in total. The fourth-order valence-corrected chi connectivity index (χ4v) is 6.30. The van der Waals surface area contributed by atoms with E-state index in [2.05, 4.69) is 138 Å². The Morgan fingerprint density at radius 3 is 1.25 bits per heavy atom. The highest BCUT2D eigenvalue weighted by Crippen LogP contribution is 2.43. The van der Waals surface area contributed by atoms with Crippen molar-refractivity contribution >= 4 is 22.5 Å². The average molecular weight is 477 g/mol. The summed E-state index contributed by atoms with van der Waals surface area (Å²) in [5, 5.41) is 0. The summed E-state index contributed by atoms with van der Waals surface area (Å²) in [5.74, 6) is 0. The van der Waals surface area contributed by atoms with Crippen LogP contribution in [0.2, 0.25) is 0 Å². The summed E-state index contributed by atoms with van der Waals surface area (Å²) in [7, 11) is 0. The molecular weight excluding hydrogens is 436 g/mol. The Kier molecular flexibility index (Phi) is 5.90. The topological polar surface area (TPSA) is 6.48 Å². The van der Waals surface area contributed by atoms with Crippen molar-refractivity contribution in [3.8, 4) is 0 Å². The highest BCUT2D eigenvalue weighted by atomic mass is 15.2. The van der Waals surface area contributed by atoms with Crippen LogP contribution in [0.15, 0.2) is 72.8 Å². The Balaban J connectivity index is 1.43. The molecule has 3 aromatic rings. The van der Waals surface area contributed by atoms with Crippen LogP contribution in [-0.4, -0.2) is 11.1 Å². The van der Waals surface area contributed by atoms with Gasteiger partial charge in [0.25, 0.3) is 0 Å². The third-order valence-corrected chi connectivity index (χ3v) is 8.10. The lowest BCUT2D eigenvalue weighted by atomic mass is 9.86. The molecule has 0 N–H and O–H groups in total. The number of nitrogens with zero attached hydrogens (tertiary/aromatic N) is 2. The van der Waals surface area contributed by atoms with Crippen molar-refractivity contribution in [1.82, 2.24) is 0 Å². The molecule has 0 unspecified atom stereocenters. The van der Waals surface area contributed by atoms with Crippen molar-refractivity contribution in [2.45, 2.75) is 79.6 Å². The van der Waals surface area contributed by atoms with E-state index in [1.165, 1.54) is 55.9 Å². The zero-order chi connectivity index (χ0) is 25.8. The van der Waals surface area contributed by atoms with Gasteiger partial charge in [0, 0.05) is 35.6 Å². The molecule has 186 valence electrons. The van der Waals surface area contributed by atoms with Gasteiger partial charge < -0.3 is 9.80 Å². The Morgan fingerprint density at radius 1 is 0.528 bits per heavy atom. The number of hydrogen-bond donors (Lipinski definition) is 0. The minimum absolute atomic E-state index is 0.0366. The maximum Gasteiger partial charge on any atom is 0.0538 e. The Hall–Kier alpha value is -3.26. The quantitative estimate of drug-likeness (QED) is 0.371. The predicted molar refractivity (Wildman–Crippen MR) is 157 cm³/mol. The average Bonchev–Trinajstić information content (AvgIpc) is 2.80. The molecule has 0 radical (unpaired) electrons. The van der Waals surface area contributed by atoms with E-state index in [-0.39, 0.29) is 11.1 Å². The summed E-state index contributed by atoms with van der Waals surface area (Å²) < 4.78 is 0. The second kappa shape index (κ2) is 8.69. The van der Waals surface area contributed by atoms with Crippen molar-refractivity contribution in [3.63, 3.8) is 0 Å². The van der Waals surface area contributed by atoms with Crippen LogP contribution >= 0.6 is 0 Å². The fraction of sp³-hybridized carbons (Fsp3) is 0.353. The monoisotopic (exact) mass is 476 g/mol. The van der Waals surface area contributed by atoms with Crippen LogP contribution in [-0.2, 0) is 13.1 Å². The lowest BCUT2D eigenvalue weighted by molar-refractivity contribution is 0.548. The summed E-state index contributed by atoms with van der Waals surface area (Å²) in [6.45, 7) is 20.1. The molecule has 36 heavy (non-hydrogen) atoms. The maximum absolute atomic E-state index is 2.57. The Bertz CT molecular complexity index is 1260. The van der Waals surface area contributed by atoms with E-state index in [0.717, 1.165) is 13.1 Å². The molecule has 2 heterocycles. The van der Waals surface area contributed by atoms with Crippen LogP contribution < -0.4 is 9.80 Å². The summed E-state index contributed by atoms with van der Waals surface area (Å²) in [5.41, 5.74) is 13.5. The van der Waals surface area contributed by atoms with Gasteiger partial charge in [-0.1, -0.05) is 72.8 Å². The molecule has 0 bridgehead atoms. The molecular formula is C34H40N2. The van der Waals surface area contributed by atoms with Gasteiger partial charge in [0.05, 0.1) is 11.1 Å². The molecule has 2 aliphatic heterocycles. The predicted octanol–water partition coefficient (Wildman–Crippen LogP) is 8.71. The van der Waals surface area contributed by atoms with Crippen LogP contribution in [0, 0.1) is 13.8 Å². The largest absolute Gasteiger partial charge is 0.358 e. The summed E-state index contributed by atoms with van der Waals surface area (Å²) in [6, 6.07) is 22.6. The van der Waals surface area contributed by atoms with E-state index in [0.29, 0.717) is 0 Å². The third-order valence-electron chi connectivity index (χ3n) is 8.10. The molecule has 0 fully saturated rings. The molecule has 0 saturated carbocycles. The number of hydrogen-bond acceptors (Lipinski definition) is 2. The van der Waals surface area contributed by atoms with Gasteiger partial charge in [0.2, 0.25) is 0 Å². The van der Waals surface area contributed by atoms with E-state index < -0.39 is 0 Å². The number of aryl methyl sites for hydroxylation is 2. The molecule has 5 rings (SSSR count). The third kappa shape index (κ3) is 4.17. The molecule has 0 aliphatic carbocycles. The molecule has 2 heteroatoms. The van der Waals surface area contributed by atoms with E-state index in [1.807, 2.05) is 0 Å². The van der Waals surface area contributed by atoms with Gasteiger partial charge in [-0.25, -0.2) is 0 Å². The second-order valence-electron chi connectivity index (χ2n) is 11.9. The number of anilines is 2. The molecule has 2 aliphatic rings. The Morgan fingerprint density at radius 2 is 0.889 bits per heavy atom. The normalized spacial score (nSPS) is 17.8. The van der Waals surface area contributed by atoms with E-state index in [1.54, 1.807) is 0 Å². The van der Waals surface area contributed by atoms with Crippen LogP contribution in [0.25, 0.3) is 11.1 Å². The van der Waals surface area contributed by atoms with Crippen molar-refractivity contribution in [1.29, 1.82) is 0 Å². The van der Waals surface area contributed by atoms with Crippen molar-refractivity contribution in [2.24, 2.45) is 0 Å². The molecule has 3 aromatic carbocycles. The molecule has 0 aromatic heterocycles. The number of para-hydroxylation sites is 2. The fourth-order valence-electron chi connectivity index (χ4n) is 6.30. The molecule has 0 amide bonds. The first kappa shape index (κ1) is 24.4. The van der Waals surface area contributed by atoms with Crippen molar-refractivity contribution in [3.05, 3.63) is 106 Å². The minimum atomic E-state index is -0.0366. The first-order valence-corrected chi connectivity index (χ1v) is 13.2. The van der Waals surface area contributed by atoms with Crippen LogP contribution in [0.5, 0.6) is 0 Å². The van der Waals surface area contributed by atoms with Gasteiger partial charge in [-0.15, -0.1) is 0 Å². The maximum atomic E-state index is 2.57. The summed E-state index contributed by atoms with van der Waals surface area (Å²) in [4.78, 5) is 5.14. The lowest BCUT2D eigenvalue weighted by Crippen LogP contribution is -2.45. The van der Waals surface area contributed by atoms with Gasteiger partial charge in [0.15, 0.2) is 0 Å². The Labute approximate surface area is 218 Å². The molecule has 0 atom stereocenters. The number of rotatable bonds is 4. The van der Waals surface area contributed by atoms with Gasteiger partial charge in [0.1, 0.15) is 0 Å². The smallest absolute Gasteiger partial charge is 0.0538 e. The van der Waals surface area contributed by atoms with Gasteiger partial charge >= 0.3 is 0 Å². The van der Waals surface area contributed by atoms with Crippen LogP contribution in [0.1, 0.15) is 74.9 Å². The second-order valence-corrected chi connectivity index (χ2v) is 11.9. The minimum Gasteiger partial charge on any atom is -0.358 e. The molecule has 0 spiro atoms. The molecule has 0 saturated heterocycles. The number of benzene rings is 3. The number of fused-ring (bicyclic) bond motifs is 2. The van der Waals surface area contributed by atoms with Crippen LogP contribution in [0.3, 0.4) is 0 Å². The first-order valence-electron chi connectivity index (χ1n) is 13.2. The highest BCUT2D eigenvalue weighted by Gasteiger charge is 2.33. The standard InChI is InChI=1S/C34H40N2/c1-23-11-9-13-29-25(3)19-33(5,6)35(31(23)29)21-27-15-17-28(18-16-27)22-36-32-24(2)12-10-14-30(32)26(4)20-34(36,7)8/h9-20H,21-22H2,1-8H3. The van der Waals surface area contributed by atoms with Crippen molar-refractivity contribution < 1.29 is 0 Å². The van der Waals surface area contributed by atoms with E-state index >= 15 is 0 Å². The SMILES string of the molecule is CC1=CC(C)(C)N(Cc2ccc(CN3c4c(C)cccc4C(C)=CC3(C)C)cc2)c2c(C)cccc21. The van der Waals surface area contributed by atoms with E-state index in [4.69, 9.17) is 0 Å². The van der Waals surface area contributed by atoms with E-state index in [9.17, 15) is 0 Å². The van der Waals surface area contributed by atoms with Gasteiger partial charge in [-0.2, -0.15) is 0 Å². The summed E-state index contributed by atoms with van der Waals surface area (Å²) in [6.07, 6.45) is 4.83. The zero-order valence-corrected chi connectivity index (χ0v) is 23.2. The van der Waals surface area contributed by atoms with Gasteiger partial charge in [-0.3, -0.25) is 0 Å². The lowest BCUT2D eigenvalue weighted by Gasteiger charge is -2.44. The van der Waals surface area contributed by atoms with Crippen LogP contribution in [0.4, 0.5) is 11.4 Å². The van der Waals surface area contributed by atoms with Gasteiger partial charge in [-0.05, 0) is 88.8 Å².